The molecule has 4 heteroatoms. The fourth-order valence-electron chi connectivity index (χ4n) is 0.596. The van der Waals surface area contributed by atoms with E-state index in [1.165, 1.54) is 3.69 Å². The van der Waals surface area contributed by atoms with Crippen molar-refractivity contribution in [3.63, 3.8) is 0 Å². The van der Waals surface area contributed by atoms with Crippen LogP contribution < -0.4 is 20.7 Å². The van der Waals surface area contributed by atoms with Crippen LogP contribution in [0.15, 0.2) is 30.3 Å². The van der Waals surface area contributed by atoms with E-state index >= 15 is 0 Å². The quantitative estimate of drug-likeness (QED) is 0.439. The first-order valence-electron chi connectivity index (χ1n) is 3.66. The predicted octanol–water partition coefficient (Wildman–Crippen LogP) is -2.28. The van der Waals surface area contributed by atoms with Gasteiger partial charge in [0, 0.05) is 14.2 Å². The average molecular weight is 257 g/mol. The minimum atomic E-state index is 0. The molecule has 1 aromatic carbocycles. The summed E-state index contributed by atoms with van der Waals surface area (Å²) < 4.78 is 10.3. The number of halogens is 1. The van der Waals surface area contributed by atoms with Gasteiger partial charge < -0.3 is 26.5 Å². The summed E-state index contributed by atoms with van der Waals surface area (Å²) in [5.74, 6) is 0. The van der Waals surface area contributed by atoms with Gasteiger partial charge in [-0.3, -0.25) is 0 Å². The summed E-state index contributed by atoms with van der Waals surface area (Å²) >= 11 is 1.90. The van der Waals surface area contributed by atoms with Crippen molar-refractivity contribution < 1.29 is 26.5 Å². The summed E-state index contributed by atoms with van der Waals surface area (Å²) in [6, 6.07) is 10.3. The molecule has 0 spiro atoms. The zero-order valence-electron chi connectivity index (χ0n) is 8.00. The summed E-state index contributed by atoms with van der Waals surface area (Å²) in [6.45, 7) is 0.389. The molecule has 2 nitrogen and oxygen atoms in total. The molecule has 1 rings (SSSR count). The van der Waals surface area contributed by atoms with Crippen LogP contribution in [0.4, 0.5) is 0 Å². The third-order valence-corrected chi connectivity index (χ3v) is 1.55. The molecule has 0 amide bonds. The van der Waals surface area contributed by atoms with E-state index in [0.717, 1.165) is 0 Å². The number of hydrogen-bond acceptors (Lipinski definition) is 2. The first-order valence-corrected chi connectivity index (χ1v) is 4.37. The topological polar surface area (TPSA) is 18.5 Å². The monoisotopic (exact) mass is 256 g/mol. The van der Waals surface area contributed by atoms with Gasteiger partial charge in [0.05, 0.1) is 0 Å². The summed E-state index contributed by atoms with van der Waals surface area (Å²) in [4.78, 5) is 0. The number of benzene rings is 1. The van der Waals surface area contributed by atoms with Crippen molar-refractivity contribution in [2.24, 2.45) is 0 Å². The van der Waals surface area contributed by atoms with Crippen molar-refractivity contribution in [2.45, 2.75) is 0 Å². The Morgan fingerprint density at radius 1 is 1.08 bits per heavy atom. The summed E-state index contributed by atoms with van der Waals surface area (Å²) in [5, 5.41) is 0. The minimum absolute atomic E-state index is 0. The van der Waals surface area contributed by atoms with E-state index in [9.17, 15) is 0 Å². The van der Waals surface area contributed by atoms with Crippen LogP contribution in [0.25, 0.3) is 0 Å². The Kier molecular flexibility index (Phi) is 15.1. The number of rotatable bonds is 2. The van der Waals surface area contributed by atoms with Crippen molar-refractivity contribution >= 4 is 25.4 Å². The van der Waals surface area contributed by atoms with Gasteiger partial charge in [0.15, 0.2) is 0 Å². The Labute approximate surface area is 103 Å². The normalized spacial score (nSPS) is 8.00. The molecule has 0 unspecified atom stereocenters. The number of hydrogen-bond donors (Lipinski definition) is 0. The Bertz CT molecular complexity index is 180. The maximum atomic E-state index is 4.47. The average Bonchev–Trinajstić information content (AvgIpc) is 2.08. The zero-order valence-corrected chi connectivity index (χ0v) is 11.0. The second-order valence-electron chi connectivity index (χ2n) is 2.18. The molecule has 0 bridgehead atoms. The van der Waals surface area contributed by atoms with Crippen molar-refractivity contribution in [3.8, 4) is 0 Å². The summed E-state index contributed by atoms with van der Waals surface area (Å²) in [5.41, 5.74) is 0. The molecule has 0 radical (unpaired) electrons. The molecule has 0 aliphatic heterocycles. The van der Waals surface area contributed by atoms with Gasteiger partial charge in [-0.1, -0.05) is 0 Å². The Hall–Kier alpha value is 0.386. The summed E-state index contributed by atoms with van der Waals surface area (Å²) in [6.07, 6.45) is 0. The van der Waals surface area contributed by atoms with Crippen LogP contribution >= 0.6 is 0 Å². The number of ether oxygens (including phenoxy) is 2. The van der Waals surface area contributed by atoms with Gasteiger partial charge in [0.2, 0.25) is 0 Å². The van der Waals surface area contributed by atoms with E-state index in [-0.39, 0.29) is 17.0 Å². The van der Waals surface area contributed by atoms with Crippen LogP contribution in [0.5, 0.6) is 0 Å². The first-order chi connectivity index (χ1) is 5.81. The van der Waals surface area contributed by atoms with E-state index in [1.54, 1.807) is 14.2 Å². The van der Waals surface area contributed by atoms with Crippen LogP contribution in [0.3, 0.4) is 0 Å². The molecule has 0 saturated carbocycles. The molecule has 0 atom stereocenters. The van der Waals surface area contributed by atoms with E-state index in [2.05, 4.69) is 21.6 Å². The van der Waals surface area contributed by atoms with Crippen molar-refractivity contribution in [3.05, 3.63) is 30.3 Å². The van der Waals surface area contributed by atoms with Gasteiger partial charge in [0.1, 0.15) is 6.79 Å². The molecule has 13 heavy (non-hydrogen) atoms. The second kappa shape index (κ2) is 12.4. The predicted molar refractivity (Wildman–Crippen MR) is 50.7 cm³/mol. The molecule has 0 aliphatic rings. The van der Waals surface area contributed by atoms with Crippen molar-refractivity contribution in [1.82, 2.24) is 0 Å². The number of methoxy groups -OCH3 is 2. The van der Waals surface area contributed by atoms with Gasteiger partial charge in [-0.05, 0) is 0 Å². The molecule has 0 aliphatic carbocycles. The van der Waals surface area contributed by atoms with Crippen LogP contribution in [0.1, 0.15) is 0 Å². The summed E-state index contributed by atoms with van der Waals surface area (Å²) in [7, 11) is 3.17. The molecule has 0 fully saturated rings. The molecule has 0 N–H and O–H groups in total. The SMILES string of the molecule is COCOC.[Br-].[Mg+][c]1ccccc1. The Morgan fingerprint density at radius 2 is 1.54 bits per heavy atom. The molecular formula is C9H13BrMgO2. The maximum absolute atomic E-state index is 4.47. The fourth-order valence-corrected chi connectivity index (χ4v) is 0.868. The first kappa shape index (κ1) is 15.8. The zero-order chi connectivity index (χ0) is 9.23. The van der Waals surface area contributed by atoms with Gasteiger partial charge >= 0.3 is 55.7 Å². The Balaban J connectivity index is 0. The van der Waals surface area contributed by atoms with Crippen LogP contribution in [0.2, 0.25) is 0 Å². The van der Waals surface area contributed by atoms with Crippen LogP contribution in [-0.4, -0.2) is 42.7 Å². The molecule has 0 aromatic heterocycles. The molecule has 0 saturated heterocycles. The molecule has 70 valence electrons. The van der Waals surface area contributed by atoms with E-state index < -0.39 is 0 Å². The second-order valence-corrected chi connectivity index (χ2v) is 3.00. The third kappa shape index (κ3) is 12.4. The van der Waals surface area contributed by atoms with E-state index in [0.29, 0.717) is 6.79 Å². The van der Waals surface area contributed by atoms with Crippen molar-refractivity contribution in [1.29, 1.82) is 0 Å². The third-order valence-electron chi connectivity index (χ3n) is 1.08. The van der Waals surface area contributed by atoms with Gasteiger partial charge in [-0.2, -0.15) is 0 Å². The van der Waals surface area contributed by atoms with Crippen LogP contribution in [0, 0.1) is 0 Å². The molecule has 1 aromatic rings. The molecule has 0 heterocycles. The molecular weight excluding hydrogens is 244 g/mol. The van der Waals surface area contributed by atoms with Crippen LogP contribution in [-0.2, 0) is 9.47 Å². The van der Waals surface area contributed by atoms with Crippen molar-refractivity contribution in [2.75, 3.05) is 21.0 Å². The fraction of sp³-hybridized carbons (Fsp3) is 0.333. The standard InChI is InChI=1S/C6H5.C3H8O2.BrH.Mg/c1-2-4-6-5-3-1;1-4-3-5-2;;/h1-5H;3H2,1-2H3;1H;/q;;;+1/p-1. The van der Waals surface area contributed by atoms with Gasteiger partial charge in [-0.15, -0.1) is 0 Å². The van der Waals surface area contributed by atoms with E-state index in [1.807, 2.05) is 39.9 Å². The van der Waals surface area contributed by atoms with Gasteiger partial charge in [-0.25, -0.2) is 0 Å². The Morgan fingerprint density at radius 3 is 1.69 bits per heavy atom. The van der Waals surface area contributed by atoms with E-state index in [4.69, 9.17) is 0 Å². The van der Waals surface area contributed by atoms with Gasteiger partial charge in [0.25, 0.3) is 0 Å².